The molecule has 0 unspecified atom stereocenters. The largest absolute Gasteiger partial charge is 0.348 e. The number of carbonyl (C=O) groups is 1. The molecule has 0 atom stereocenters. The van der Waals surface area contributed by atoms with Crippen LogP contribution in [0.5, 0.6) is 0 Å². The molecule has 1 aromatic carbocycles. The molecular weight excluding hydrogens is 305 g/mol. The van der Waals surface area contributed by atoms with Crippen LogP contribution in [-0.4, -0.2) is 15.3 Å². The van der Waals surface area contributed by atoms with E-state index in [1.807, 2.05) is 5.38 Å². The SMILES string of the molecule is Cc1csc2ncc(C(=O)NCc3ccc(F)cc3)c(=O)n12. The minimum atomic E-state index is -0.498. The molecule has 0 saturated heterocycles. The van der Waals surface area contributed by atoms with Crippen LogP contribution < -0.4 is 10.9 Å². The lowest BCUT2D eigenvalue weighted by Crippen LogP contribution is -2.31. The Morgan fingerprint density at radius 2 is 2.09 bits per heavy atom. The molecule has 7 heteroatoms. The van der Waals surface area contributed by atoms with Crippen molar-refractivity contribution in [3.8, 4) is 0 Å². The molecule has 3 rings (SSSR count). The Morgan fingerprint density at radius 1 is 1.36 bits per heavy atom. The quantitative estimate of drug-likeness (QED) is 0.805. The number of halogens is 1. The van der Waals surface area contributed by atoms with Gasteiger partial charge >= 0.3 is 0 Å². The molecule has 3 aromatic rings. The second-order valence-electron chi connectivity index (χ2n) is 4.78. The van der Waals surface area contributed by atoms with Gasteiger partial charge in [0, 0.05) is 23.8 Å². The Bertz CT molecular complexity index is 899. The second kappa shape index (κ2) is 5.69. The highest BCUT2D eigenvalue weighted by Gasteiger charge is 2.14. The predicted octanol–water partition coefficient (Wildman–Crippen LogP) is 2.13. The number of carbonyl (C=O) groups excluding carboxylic acids is 1. The molecule has 0 bridgehead atoms. The fourth-order valence-electron chi connectivity index (χ4n) is 2.06. The normalized spacial score (nSPS) is 10.8. The van der Waals surface area contributed by atoms with Gasteiger partial charge in [-0.2, -0.15) is 0 Å². The van der Waals surface area contributed by atoms with E-state index >= 15 is 0 Å². The first-order valence-corrected chi connectivity index (χ1v) is 7.43. The molecule has 0 aliphatic rings. The fourth-order valence-corrected chi connectivity index (χ4v) is 2.89. The van der Waals surface area contributed by atoms with Crippen molar-refractivity contribution >= 4 is 22.2 Å². The van der Waals surface area contributed by atoms with E-state index in [1.54, 1.807) is 19.1 Å². The molecule has 22 heavy (non-hydrogen) atoms. The van der Waals surface area contributed by atoms with Crippen LogP contribution in [0.25, 0.3) is 4.96 Å². The number of hydrogen-bond acceptors (Lipinski definition) is 4. The fraction of sp³-hybridized carbons (Fsp3) is 0.133. The molecule has 112 valence electrons. The van der Waals surface area contributed by atoms with E-state index in [0.717, 1.165) is 11.3 Å². The average Bonchev–Trinajstić information content (AvgIpc) is 2.89. The summed E-state index contributed by atoms with van der Waals surface area (Å²) in [4.78, 5) is 29.1. The van der Waals surface area contributed by atoms with Crippen molar-refractivity contribution in [2.45, 2.75) is 13.5 Å². The van der Waals surface area contributed by atoms with Crippen molar-refractivity contribution in [3.63, 3.8) is 0 Å². The summed E-state index contributed by atoms with van der Waals surface area (Å²) in [7, 11) is 0. The monoisotopic (exact) mass is 317 g/mol. The Hall–Kier alpha value is -2.54. The van der Waals surface area contributed by atoms with Gasteiger partial charge in [-0.25, -0.2) is 9.37 Å². The number of hydrogen-bond donors (Lipinski definition) is 1. The van der Waals surface area contributed by atoms with Crippen LogP contribution in [0.3, 0.4) is 0 Å². The van der Waals surface area contributed by atoms with E-state index in [4.69, 9.17) is 0 Å². The van der Waals surface area contributed by atoms with Crippen molar-refractivity contribution < 1.29 is 9.18 Å². The van der Waals surface area contributed by atoms with Crippen LogP contribution in [0.1, 0.15) is 21.6 Å². The first-order chi connectivity index (χ1) is 10.6. The summed E-state index contributed by atoms with van der Waals surface area (Å²) >= 11 is 1.34. The lowest BCUT2D eigenvalue weighted by atomic mass is 10.2. The van der Waals surface area contributed by atoms with Gasteiger partial charge in [0.1, 0.15) is 11.4 Å². The van der Waals surface area contributed by atoms with Crippen LogP contribution in [0.2, 0.25) is 0 Å². The third kappa shape index (κ3) is 2.62. The standard InChI is InChI=1S/C15H12FN3O2S/c1-9-8-22-15-18-7-12(14(21)19(9)15)13(20)17-6-10-2-4-11(16)5-3-10/h2-5,7-8H,6H2,1H3,(H,17,20). The van der Waals surface area contributed by atoms with Gasteiger partial charge in [0.2, 0.25) is 0 Å². The molecule has 0 saturated carbocycles. The molecule has 0 spiro atoms. The highest BCUT2D eigenvalue weighted by atomic mass is 32.1. The topological polar surface area (TPSA) is 63.5 Å². The van der Waals surface area contributed by atoms with Crippen molar-refractivity contribution in [1.82, 2.24) is 14.7 Å². The first-order valence-electron chi connectivity index (χ1n) is 6.55. The van der Waals surface area contributed by atoms with Gasteiger partial charge in [-0.3, -0.25) is 14.0 Å². The summed E-state index contributed by atoms with van der Waals surface area (Å²) in [6.07, 6.45) is 1.29. The van der Waals surface area contributed by atoms with Gasteiger partial charge in [-0.15, -0.1) is 11.3 Å². The highest BCUT2D eigenvalue weighted by molar-refractivity contribution is 7.15. The van der Waals surface area contributed by atoms with E-state index in [9.17, 15) is 14.0 Å². The van der Waals surface area contributed by atoms with E-state index in [-0.39, 0.29) is 23.5 Å². The molecule has 0 aliphatic heterocycles. The minimum absolute atomic E-state index is 0.0129. The number of nitrogens with zero attached hydrogens (tertiary/aromatic N) is 2. The van der Waals surface area contributed by atoms with Gasteiger partial charge < -0.3 is 5.32 Å². The number of benzene rings is 1. The van der Waals surface area contributed by atoms with E-state index in [1.165, 1.54) is 34.1 Å². The summed E-state index contributed by atoms with van der Waals surface area (Å²) < 4.78 is 14.2. The van der Waals surface area contributed by atoms with Gasteiger partial charge in [-0.05, 0) is 24.6 Å². The highest BCUT2D eigenvalue weighted by Crippen LogP contribution is 2.11. The van der Waals surface area contributed by atoms with Crippen molar-refractivity contribution in [1.29, 1.82) is 0 Å². The maximum atomic E-state index is 12.8. The number of rotatable bonds is 3. The number of thiazole rings is 1. The van der Waals surface area contributed by atoms with Crippen LogP contribution in [0.15, 0.2) is 40.6 Å². The third-order valence-corrected chi connectivity index (χ3v) is 4.19. The second-order valence-corrected chi connectivity index (χ2v) is 5.62. The van der Waals surface area contributed by atoms with Crippen LogP contribution >= 0.6 is 11.3 Å². The molecular formula is C15H12FN3O2S. The molecule has 0 fully saturated rings. The summed E-state index contributed by atoms with van der Waals surface area (Å²) in [6, 6.07) is 5.79. The zero-order valence-electron chi connectivity index (χ0n) is 11.7. The molecule has 2 aromatic heterocycles. The Labute approximate surface area is 129 Å². The number of aromatic nitrogens is 2. The Kier molecular flexibility index (Phi) is 3.72. The van der Waals surface area contributed by atoms with Crippen molar-refractivity contribution in [3.05, 3.63) is 68.8 Å². The molecule has 0 radical (unpaired) electrons. The maximum Gasteiger partial charge on any atom is 0.271 e. The van der Waals surface area contributed by atoms with Crippen LogP contribution in [0, 0.1) is 12.7 Å². The molecule has 2 heterocycles. The Balaban J connectivity index is 1.83. The molecule has 5 nitrogen and oxygen atoms in total. The van der Waals surface area contributed by atoms with E-state index in [2.05, 4.69) is 10.3 Å². The third-order valence-electron chi connectivity index (χ3n) is 3.23. The smallest absolute Gasteiger partial charge is 0.271 e. The summed E-state index contributed by atoms with van der Waals surface area (Å²) in [5.74, 6) is -0.835. The van der Waals surface area contributed by atoms with E-state index in [0.29, 0.717) is 4.96 Å². The summed E-state index contributed by atoms with van der Waals surface area (Å²) in [6.45, 7) is 2.00. The van der Waals surface area contributed by atoms with Crippen LogP contribution in [-0.2, 0) is 6.54 Å². The molecule has 1 amide bonds. The lowest BCUT2D eigenvalue weighted by Gasteiger charge is -2.05. The van der Waals surface area contributed by atoms with Crippen molar-refractivity contribution in [2.75, 3.05) is 0 Å². The summed E-state index contributed by atoms with van der Waals surface area (Å²) in [5, 5.41) is 4.45. The zero-order valence-corrected chi connectivity index (χ0v) is 12.5. The van der Waals surface area contributed by atoms with Crippen molar-refractivity contribution in [2.24, 2.45) is 0 Å². The van der Waals surface area contributed by atoms with Gasteiger partial charge in [-0.1, -0.05) is 12.1 Å². The molecule has 0 aliphatic carbocycles. The number of aryl methyl sites for hydroxylation is 1. The van der Waals surface area contributed by atoms with E-state index < -0.39 is 5.91 Å². The lowest BCUT2D eigenvalue weighted by molar-refractivity contribution is 0.0949. The average molecular weight is 317 g/mol. The maximum absolute atomic E-state index is 12.8. The Morgan fingerprint density at radius 3 is 2.82 bits per heavy atom. The minimum Gasteiger partial charge on any atom is -0.348 e. The zero-order chi connectivity index (χ0) is 15.7. The van der Waals surface area contributed by atoms with Gasteiger partial charge in [0.15, 0.2) is 4.96 Å². The number of amides is 1. The predicted molar refractivity (Wildman–Crippen MR) is 81.6 cm³/mol. The van der Waals surface area contributed by atoms with Gasteiger partial charge in [0.25, 0.3) is 11.5 Å². The number of nitrogens with one attached hydrogen (secondary N) is 1. The van der Waals surface area contributed by atoms with Crippen LogP contribution in [0.4, 0.5) is 4.39 Å². The first kappa shape index (κ1) is 14.4. The molecule has 1 N–H and O–H groups in total. The summed E-state index contributed by atoms with van der Waals surface area (Å²) in [5.41, 5.74) is 1.09. The van der Waals surface area contributed by atoms with Gasteiger partial charge in [0.05, 0.1) is 0 Å². The number of fused-ring (bicyclic) bond motifs is 1.